The van der Waals surface area contributed by atoms with E-state index in [0.29, 0.717) is 0 Å². The molecule has 0 saturated heterocycles. The third kappa shape index (κ3) is 2.67. The molecule has 0 bridgehead atoms. The predicted molar refractivity (Wildman–Crippen MR) is 148 cm³/mol. The van der Waals surface area contributed by atoms with Gasteiger partial charge in [0.15, 0.2) is 0 Å². The van der Waals surface area contributed by atoms with Crippen LogP contribution in [0.25, 0.3) is 43.1 Å². The lowest BCUT2D eigenvalue weighted by Gasteiger charge is -2.33. The fourth-order valence-electron chi connectivity index (χ4n) is 4.96. The number of rotatable bonds is 2. The molecule has 0 radical (unpaired) electrons. The van der Waals surface area contributed by atoms with Crippen molar-refractivity contribution in [3.05, 3.63) is 43.9 Å². The second-order valence-corrected chi connectivity index (χ2v) is 22.1. The van der Waals surface area contributed by atoms with Crippen LogP contribution in [0, 0.1) is 3.57 Å². The van der Waals surface area contributed by atoms with E-state index in [0.717, 1.165) is 10.0 Å². The summed E-state index contributed by atoms with van der Waals surface area (Å²) in [6.07, 6.45) is 0. The van der Waals surface area contributed by atoms with Gasteiger partial charge in [-0.15, -0.1) is 0 Å². The molecule has 0 aliphatic carbocycles. The van der Waals surface area contributed by atoms with Gasteiger partial charge in [-0.2, -0.15) is 0 Å². The lowest BCUT2D eigenvalue weighted by atomic mass is 9.83. The molecular formula is C24H23Cl2ISi2. The fraction of sp³-hybridized carbons (Fsp3) is 0.250. The molecule has 29 heavy (non-hydrogen) atoms. The highest BCUT2D eigenvalue weighted by Gasteiger charge is 2.35. The van der Waals surface area contributed by atoms with Crippen molar-refractivity contribution in [1.82, 2.24) is 0 Å². The van der Waals surface area contributed by atoms with Crippen LogP contribution in [0.1, 0.15) is 0 Å². The average Bonchev–Trinajstić information content (AvgIpc) is 2.55. The Morgan fingerprint density at radius 3 is 1.83 bits per heavy atom. The number of halogens is 3. The minimum atomic E-state index is -1.66. The highest BCUT2D eigenvalue weighted by molar-refractivity contribution is 14.1. The van der Waals surface area contributed by atoms with E-state index in [-0.39, 0.29) is 0 Å². The van der Waals surface area contributed by atoms with E-state index in [9.17, 15) is 0 Å². The van der Waals surface area contributed by atoms with Crippen LogP contribution >= 0.6 is 45.8 Å². The quantitative estimate of drug-likeness (QED) is 0.150. The molecule has 0 aliphatic heterocycles. The van der Waals surface area contributed by atoms with Gasteiger partial charge in [0.2, 0.25) is 0 Å². The Morgan fingerprint density at radius 1 is 0.621 bits per heavy atom. The first kappa shape index (κ1) is 20.3. The molecule has 0 spiro atoms. The number of hydrogen-bond donors (Lipinski definition) is 0. The van der Waals surface area contributed by atoms with E-state index in [1.54, 1.807) is 0 Å². The van der Waals surface area contributed by atoms with Crippen LogP contribution in [0.2, 0.25) is 49.3 Å². The molecule has 0 aliphatic rings. The summed E-state index contributed by atoms with van der Waals surface area (Å²) in [6, 6.07) is 10.9. The Labute approximate surface area is 197 Å². The highest BCUT2D eigenvalue weighted by atomic mass is 127. The second kappa shape index (κ2) is 6.22. The van der Waals surface area contributed by atoms with E-state index in [1.165, 1.54) is 57.0 Å². The lowest BCUT2D eigenvalue weighted by molar-refractivity contribution is 1.68. The van der Waals surface area contributed by atoms with E-state index >= 15 is 0 Å². The van der Waals surface area contributed by atoms with Gasteiger partial charge in [-0.25, -0.2) is 0 Å². The van der Waals surface area contributed by atoms with Crippen molar-refractivity contribution in [3.63, 3.8) is 0 Å². The van der Waals surface area contributed by atoms with Crippen LogP contribution in [0.15, 0.2) is 30.3 Å². The standard InChI is InChI=1S/C24H23Cl2ISi2/c1-28(2,3)23-20-18-15(19(20)22(27)24(21(23)26)29(4,5)6)10-9-14-13-8-7-12(25)11-16(13)17(14)18/h7-11H,1-6H3. The van der Waals surface area contributed by atoms with Crippen molar-refractivity contribution >= 4 is 115 Å². The van der Waals surface area contributed by atoms with Gasteiger partial charge >= 0.3 is 0 Å². The first-order chi connectivity index (χ1) is 13.4. The Bertz CT molecular complexity index is 1440. The van der Waals surface area contributed by atoms with Crippen molar-refractivity contribution in [3.8, 4) is 0 Å². The summed E-state index contributed by atoms with van der Waals surface area (Å²) in [6.45, 7) is 14.5. The lowest BCUT2D eigenvalue weighted by Crippen LogP contribution is -2.49. The smallest absolute Gasteiger partial charge is 0.0809 e. The monoisotopic (exact) mass is 564 g/mol. The van der Waals surface area contributed by atoms with Crippen LogP contribution in [0.3, 0.4) is 0 Å². The Morgan fingerprint density at radius 2 is 1.21 bits per heavy atom. The third-order valence-electron chi connectivity index (χ3n) is 6.14. The van der Waals surface area contributed by atoms with Crippen molar-refractivity contribution in [2.75, 3.05) is 0 Å². The molecule has 0 N–H and O–H groups in total. The average molecular weight is 565 g/mol. The largest absolute Gasteiger partial charge is 0.0845 e. The van der Waals surface area contributed by atoms with E-state index in [1.807, 2.05) is 6.07 Å². The van der Waals surface area contributed by atoms with E-state index in [2.05, 4.69) is 86.1 Å². The summed E-state index contributed by atoms with van der Waals surface area (Å²) in [4.78, 5) is 0. The van der Waals surface area contributed by atoms with E-state index < -0.39 is 16.1 Å². The molecule has 0 aromatic heterocycles. The maximum absolute atomic E-state index is 7.24. The molecule has 0 atom stereocenters. The molecule has 5 aromatic carbocycles. The zero-order valence-corrected chi connectivity index (χ0v) is 23.2. The molecule has 0 amide bonds. The zero-order chi connectivity index (χ0) is 21.0. The number of hydrogen-bond acceptors (Lipinski definition) is 0. The zero-order valence-electron chi connectivity index (χ0n) is 17.5. The van der Waals surface area contributed by atoms with Crippen molar-refractivity contribution in [2.45, 2.75) is 39.3 Å². The molecule has 5 aromatic rings. The minimum absolute atomic E-state index is 0.804. The van der Waals surface area contributed by atoms with Crippen LogP contribution in [-0.2, 0) is 0 Å². The van der Waals surface area contributed by atoms with E-state index in [4.69, 9.17) is 23.2 Å². The molecule has 0 fully saturated rings. The highest BCUT2D eigenvalue weighted by Crippen LogP contribution is 2.49. The fourth-order valence-corrected chi connectivity index (χ4v) is 13.9. The molecule has 0 unspecified atom stereocenters. The SMILES string of the molecule is C[Si](C)(C)c1c(Cl)c([Si](C)(C)C)c2c(c1I)c1ccc3c4ccc(Cl)cc4c3c12. The second-order valence-electron chi connectivity index (χ2n) is 10.2. The molecule has 0 saturated carbocycles. The normalized spacial score (nSPS) is 13.7. The van der Waals surface area contributed by atoms with Crippen LogP contribution in [-0.4, -0.2) is 16.1 Å². The summed E-state index contributed by atoms with van der Waals surface area (Å²) in [7, 11) is -3.25. The molecular weight excluding hydrogens is 542 g/mol. The Balaban J connectivity index is 2.04. The molecule has 0 heterocycles. The van der Waals surface area contributed by atoms with Crippen molar-refractivity contribution < 1.29 is 0 Å². The van der Waals surface area contributed by atoms with Crippen LogP contribution in [0.5, 0.6) is 0 Å². The molecule has 148 valence electrons. The van der Waals surface area contributed by atoms with Crippen LogP contribution in [0.4, 0.5) is 0 Å². The summed E-state index contributed by atoms with van der Waals surface area (Å²) in [5.41, 5.74) is 0. The topological polar surface area (TPSA) is 0 Å². The van der Waals surface area contributed by atoms with Crippen LogP contribution < -0.4 is 10.4 Å². The minimum Gasteiger partial charge on any atom is -0.0845 e. The van der Waals surface area contributed by atoms with Gasteiger partial charge in [0.05, 0.1) is 16.1 Å². The molecule has 5 heteroatoms. The summed E-state index contributed by atoms with van der Waals surface area (Å²) in [5.74, 6) is 0. The summed E-state index contributed by atoms with van der Waals surface area (Å²) in [5, 5.41) is 15.7. The first-order valence-electron chi connectivity index (χ1n) is 9.97. The van der Waals surface area contributed by atoms with Gasteiger partial charge in [0, 0.05) is 19.0 Å². The maximum atomic E-state index is 7.24. The summed E-state index contributed by atoms with van der Waals surface area (Å²) < 4.78 is 1.38. The number of fused-ring (bicyclic) bond motifs is 9. The third-order valence-corrected chi connectivity index (χ3v) is 12.7. The van der Waals surface area contributed by atoms with Gasteiger partial charge in [-0.05, 0) is 82.8 Å². The molecule has 5 rings (SSSR count). The van der Waals surface area contributed by atoms with Gasteiger partial charge in [0.25, 0.3) is 0 Å². The van der Waals surface area contributed by atoms with Crippen molar-refractivity contribution in [2.24, 2.45) is 0 Å². The summed E-state index contributed by atoms with van der Waals surface area (Å²) >= 11 is 16.1. The van der Waals surface area contributed by atoms with Gasteiger partial charge < -0.3 is 0 Å². The van der Waals surface area contributed by atoms with Crippen molar-refractivity contribution in [1.29, 1.82) is 0 Å². The maximum Gasteiger partial charge on any atom is 0.0809 e. The van der Waals surface area contributed by atoms with Gasteiger partial charge in [-0.1, -0.05) is 80.7 Å². The molecule has 0 nitrogen and oxygen atoms in total. The predicted octanol–water partition coefficient (Wildman–Crippen LogP) is 8.18. The Kier molecular flexibility index (Phi) is 4.36. The van der Waals surface area contributed by atoms with Gasteiger partial charge in [0.1, 0.15) is 0 Å². The van der Waals surface area contributed by atoms with Gasteiger partial charge in [-0.3, -0.25) is 0 Å². The first-order valence-corrected chi connectivity index (χ1v) is 18.8. The number of benzene rings is 3. The Hall–Kier alpha value is -0.596.